The van der Waals surface area contributed by atoms with Crippen molar-refractivity contribution < 1.29 is 13.2 Å². The molecule has 1 aromatic carbocycles. The highest BCUT2D eigenvalue weighted by atomic mass is 35.5. The summed E-state index contributed by atoms with van der Waals surface area (Å²) in [4.78, 5) is 10.7. The first-order chi connectivity index (χ1) is 8.83. The standard InChI is InChI=1S/C13H18ClNO3S/c1-10(12-4-6-13(14)7-5-12)19(17,18)9-3-8-15-11(2)16/h4-7,10H,3,8-9H2,1-2H3,(H,15,16)/t10-/m1/s1. The quantitative estimate of drug-likeness (QED) is 0.821. The van der Waals surface area contributed by atoms with Crippen LogP contribution in [-0.4, -0.2) is 26.6 Å². The Morgan fingerprint density at radius 1 is 1.32 bits per heavy atom. The highest BCUT2D eigenvalue weighted by Gasteiger charge is 2.21. The molecule has 0 saturated heterocycles. The minimum absolute atomic E-state index is 0.0527. The fourth-order valence-corrected chi connectivity index (χ4v) is 3.25. The molecule has 1 amide bonds. The molecular weight excluding hydrogens is 286 g/mol. The number of benzene rings is 1. The summed E-state index contributed by atoms with van der Waals surface area (Å²) in [6.07, 6.45) is 0.417. The molecule has 0 aliphatic heterocycles. The number of sulfone groups is 1. The third-order valence-electron chi connectivity index (χ3n) is 2.86. The number of carbonyl (C=O) groups is 1. The van der Waals surface area contributed by atoms with Crippen LogP contribution in [0.1, 0.15) is 31.1 Å². The minimum Gasteiger partial charge on any atom is -0.356 e. The average molecular weight is 304 g/mol. The van der Waals surface area contributed by atoms with Gasteiger partial charge in [0.05, 0.1) is 11.0 Å². The van der Waals surface area contributed by atoms with Gasteiger partial charge in [-0.05, 0) is 31.0 Å². The van der Waals surface area contributed by atoms with Gasteiger partial charge in [0.15, 0.2) is 9.84 Å². The van der Waals surface area contributed by atoms with Crippen molar-refractivity contribution in [2.45, 2.75) is 25.5 Å². The minimum atomic E-state index is -3.22. The summed E-state index contributed by atoms with van der Waals surface area (Å²) >= 11 is 5.77. The van der Waals surface area contributed by atoms with Crippen LogP contribution in [0.2, 0.25) is 5.02 Å². The lowest BCUT2D eigenvalue weighted by Gasteiger charge is -2.13. The van der Waals surface area contributed by atoms with E-state index >= 15 is 0 Å². The van der Waals surface area contributed by atoms with E-state index in [2.05, 4.69) is 5.32 Å². The third kappa shape index (κ3) is 5.20. The molecule has 0 saturated carbocycles. The van der Waals surface area contributed by atoms with E-state index in [-0.39, 0.29) is 11.7 Å². The van der Waals surface area contributed by atoms with E-state index in [1.165, 1.54) is 6.92 Å². The summed E-state index contributed by atoms with van der Waals surface area (Å²) in [5.74, 6) is -0.0972. The highest BCUT2D eigenvalue weighted by Crippen LogP contribution is 2.24. The number of rotatable bonds is 6. The van der Waals surface area contributed by atoms with E-state index < -0.39 is 15.1 Å². The molecule has 4 nitrogen and oxygen atoms in total. The van der Waals surface area contributed by atoms with Gasteiger partial charge in [0.2, 0.25) is 5.91 Å². The van der Waals surface area contributed by atoms with Gasteiger partial charge >= 0.3 is 0 Å². The molecule has 0 spiro atoms. The first kappa shape index (κ1) is 16.0. The van der Waals surface area contributed by atoms with Gasteiger partial charge < -0.3 is 5.32 Å². The van der Waals surface area contributed by atoms with E-state index in [0.29, 0.717) is 18.0 Å². The lowest BCUT2D eigenvalue weighted by Crippen LogP contribution is -2.24. The van der Waals surface area contributed by atoms with Gasteiger partial charge in [-0.3, -0.25) is 4.79 Å². The molecule has 0 heterocycles. The fourth-order valence-electron chi connectivity index (χ4n) is 1.66. The summed E-state index contributed by atoms with van der Waals surface area (Å²) < 4.78 is 24.2. The largest absolute Gasteiger partial charge is 0.356 e. The van der Waals surface area contributed by atoms with Crippen molar-refractivity contribution in [3.8, 4) is 0 Å². The van der Waals surface area contributed by atoms with Crippen LogP contribution < -0.4 is 5.32 Å². The zero-order valence-corrected chi connectivity index (χ0v) is 12.6. The second kappa shape index (κ2) is 6.91. The number of carbonyl (C=O) groups excluding carboxylic acids is 1. The number of hydrogen-bond acceptors (Lipinski definition) is 3. The van der Waals surface area contributed by atoms with Crippen LogP contribution in [0.5, 0.6) is 0 Å². The fraction of sp³-hybridized carbons (Fsp3) is 0.462. The Balaban J connectivity index is 2.61. The second-order valence-electron chi connectivity index (χ2n) is 4.40. The molecule has 19 heavy (non-hydrogen) atoms. The van der Waals surface area contributed by atoms with Crippen LogP contribution in [0, 0.1) is 0 Å². The summed E-state index contributed by atoms with van der Waals surface area (Å²) in [5, 5.41) is 2.60. The molecule has 0 radical (unpaired) electrons. The molecule has 0 fully saturated rings. The number of hydrogen-bond donors (Lipinski definition) is 1. The predicted molar refractivity (Wildman–Crippen MR) is 77.0 cm³/mol. The SMILES string of the molecule is CC(=O)NCCCS(=O)(=O)[C@H](C)c1ccc(Cl)cc1. The van der Waals surface area contributed by atoms with Crippen LogP contribution in [-0.2, 0) is 14.6 Å². The molecule has 106 valence electrons. The third-order valence-corrected chi connectivity index (χ3v) is 5.32. The molecule has 0 aliphatic rings. The van der Waals surface area contributed by atoms with Gasteiger partial charge in [0.25, 0.3) is 0 Å². The first-order valence-corrected chi connectivity index (χ1v) is 8.14. The van der Waals surface area contributed by atoms with Gasteiger partial charge in [0.1, 0.15) is 0 Å². The zero-order valence-electron chi connectivity index (χ0n) is 11.0. The predicted octanol–water partition coefficient (Wildman–Crippen LogP) is 2.34. The van der Waals surface area contributed by atoms with Crippen molar-refractivity contribution in [2.24, 2.45) is 0 Å². The monoisotopic (exact) mass is 303 g/mol. The maximum absolute atomic E-state index is 12.1. The average Bonchev–Trinajstić information content (AvgIpc) is 2.34. The van der Waals surface area contributed by atoms with Crippen molar-refractivity contribution in [1.82, 2.24) is 5.32 Å². The van der Waals surface area contributed by atoms with Crippen molar-refractivity contribution >= 4 is 27.3 Å². The van der Waals surface area contributed by atoms with Crippen molar-refractivity contribution in [1.29, 1.82) is 0 Å². The van der Waals surface area contributed by atoms with Crippen LogP contribution >= 0.6 is 11.6 Å². The molecule has 0 aliphatic carbocycles. The maximum Gasteiger partial charge on any atom is 0.216 e. The lowest BCUT2D eigenvalue weighted by atomic mass is 10.2. The summed E-state index contributed by atoms with van der Waals surface area (Å²) in [5.41, 5.74) is 0.726. The Hall–Kier alpha value is -1.07. The molecule has 1 aromatic rings. The number of halogens is 1. The number of amides is 1. The lowest BCUT2D eigenvalue weighted by molar-refractivity contribution is -0.118. The maximum atomic E-state index is 12.1. The van der Waals surface area contributed by atoms with Crippen molar-refractivity contribution in [2.75, 3.05) is 12.3 Å². The molecule has 0 unspecified atom stereocenters. The van der Waals surface area contributed by atoms with Crippen molar-refractivity contribution in [3.63, 3.8) is 0 Å². The molecule has 0 bridgehead atoms. The molecule has 1 rings (SSSR count). The Kier molecular flexibility index (Phi) is 5.82. The van der Waals surface area contributed by atoms with Crippen LogP contribution in [0.15, 0.2) is 24.3 Å². The van der Waals surface area contributed by atoms with Crippen molar-refractivity contribution in [3.05, 3.63) is 34.9 Å². The Labute approximate surface area is 119 Å². The molecule has 1 atom stereocenters. The van der Waals surface area contributed by atoms with Gasteiger partial charge in [-0.2, -0.15) is 0 Å². The van der Waals surface area contributed by atoms with E-state index in [9.17, 15) is 13.2 Å². The van der Waals surface area contributed by atoms with Crippen LogP contribution in [0.25, 0.3) is 0 Å². The smallest absolute Gasteiger partial charge is 0.216 e. The zero-order chi connectivity index (χ0) is 14.5. The Morgan fingerprint density at radius 3 is 2.42 bits per heavy atom. The van der Waals surface area contributed by atoms with Crippen LogP contribution in [0.3, 0.4) is 0 Å². The van der Waals surface area contributed by atoms with E-state index in [1.807, 2.05) is 0 Å². The van der Waals surface area contributed by atoms with Gasteiger partial charge in [-0.15, -0.1) is 0 Å². The first-order valence-electron chi connectivity index (χ1n) is 6.04. The topological polar surface area (TPSA) is 63.2 Å². The Morgan fingerprint density at radius 2 is 1.89 bits per heavy atom. The van der Waals surface area contributed by atoms with E-state index in [4.69, 9.17) is 11.6 Å². The van der Waals surface area contributed by atoms with Crippen LogP contribution in [0.4, 0.5) is 0 Å². The van der Waals surface area contributed by atoms with Gasteiger partial charge in [-0.25, -0.2) is 8.42 Å². The molecular formula is C13H18ClNO3S. The molecule has 6 heteroatoms. The summed E-state index contributed by atoms with van der Waals surface area (Å²) in [7, 11) is -3.22. The van der Waals surface area contributed by atoms with Gasteiger partial charge in [-0.1, -0.05) is 23.7 Å². The molecule has 1 N–H and O–H groups in total. The normalized spacial score (nSPS) is 13.0. The number of nitrogens with one attached hydrogen (secondary N) is 1. The summed E-state index contributed by atoms with van der Waals surface area (Å²) in [6, 6.07) is 6.80. The van der Waals surface area contributed by atoms with E-state index in [0.717, 1.165) is 5.56 Å². The second-order valence-corrected chi connectivity index (χ2v) is 7.27. The highest BCUT2D eigenvalue weighted by molar-refractivity contribution is 7.91. The van der Waals surface area contributed by atoms with E-state index in [1.54, 1.807) is 31.2 Å². The van der Waals surface area contributed by atoms with Gasteiger partial charge in [0, 0.05) is 18.5 Å². The molecule has 0 aromatic heterocycles. The summed E-state index contributed by atoms with van der Waals surface area (Å²) in [6.45, 7) is 3.45. The Bertz CT molecular complexity index is 525.